The molecule has 0 saturated carbocycles. The Kier molecular flexibility index (Phi) is 7.60. The lowest BCUT2D eigenvalue weighted by Crippen LogP contribution is -2.47. The quantitative estimate of drug-likeness (QED) is 0.424. The molecule has 192 valence electrons. The Bertz CT molecular complexity index is 1320. The number of thiol groups is 1. The van der Waals surface area contributed by atoms with Crippen LogP contribution in [0.5, 0.6) is 0 Å². The van der Waals surface area contributed by atoms with Crippen molar-refractivity contribution < 1.29 is 19.5 Å². The highest BCUT2D eigenvalue weighted by atomic mass is 32.1. The Morgan fingerprint density at radius 3 is 2.62 bits per heavy atom. The highest BCUT2D eigenvalue weighted by molar-refractivity contribution is 7.80. The summed E-state index contributed by atoms with van der Waals surface area (Å²) in [5, 5.41) is 10.4. The summed E-state index contributed by atoms with van der Waals surface area (Å²) >= 11 is 6.02. The highest BCUT2D eigenvalue weighted by Crippen LogP contribution is 2.35. The van der Waals surface area contributed by atoms with Crippen molar-refractivity contribution in [2.45, 2.75) is 44.8 Å². The first-order valence-electron chi connectivity index (χ1n) is 12.6. The maximum absolute atomic E-state index is 13.6. The van der Waals surface area contributed by atoms with E-state index < -0.39 is 24.0 Å². The highest BCUT2D eigenvalue weighted by Gasteiger charge is 2.45. The Morgan fingerprint density at radius 1 is 1.19 bits per heavy atom. The number of amides is 1. The van der Waals surface area contributed by atoms with E-state index in [1.807, 2.05) is 54.9 Å². The lowest BCUT2D eigenvalue weighted by Gasteiger charge is -2.29. The zero-order valence-corrected chi connectivity index (χ0v) is 22.4. The third kappa shape index (κ3) is 5.15. The van der Waals surface area contributed by atoms with Crippen molar-refractivity contribution in [2.75, 3.05) is 12.3 Å². The molecular weight excluding hydrogens is 504 g/mol. The molecular formula is C29H30N2O4S2. The third-order valence-electron chi connectivity index (χ3n) is 7.61. The van der Waals surface area contributed by atoms with Crippen LogP contribution < -0.4 is 0 Å². The average Bonchev–Trinajstić information content (AvgIpc) is 3.60. The summed E-state index contributed by atoms with van der Waals surface area (Å²) in [5.41, 5.74) is 6.59. The standard InChI is InChI=1S/C29H30N2O4S2/c1-17-28(37-16-30-17)19-9-6-18(7-10-19)8-11-26(33)25-13-21(32)14-31(25)29(35)24(15-36)23-12-20-4-2-3-5-22(20)27(23)34/h2-7,9-10,16,21,23-25,32,36H,8,11-15H2,1H3/t21-,23?,24-,25+/m1/s1. The molecule has 2 aromatic carbocycles. The van der Waals surface area contributed by atoms with Crippen molar-refractivity contribution in [3.63, 3.8) is 0 Å². The zero-order chi connectivity index (χ0) is 26.1. The van der Waals surface area contributed by atoms with E-state index >= 15 is 0 Å². The van der Waals surface area contributed by atoms with Crippen LogP contribution in [0.1, 0.15) is 40.0 Å². The maximum Gasteiger partial charge on any atom is 0.227 e. The first kappa shape index (κ1) is 25.8. The molecule has 4 atom stereocenters. The van der Waals surface area contributed by atoms with Crippen molar-refractivity contribution in [3.8, 4) is 10.4 Å². The van der Waals surface area contributed by atoms with Gasteiger partial charge in [-0.25, -0.2) is 4.98 Å². The minimum Gasteiger partial charge on any atom is -0.391 e. The van der Waals surface area contributed by atoms with Crippen LogP contribution in [0.2, 0.25) is 0 Å². The molecule has 2 aliphatic rings. The maximum atomic E-state index is 13.6. The molecule has 8 heteroatoms. The molecule has 1 aromatic heterocycles. The van der Waals surface area contributed by atoms with Crippen molar-refractivity contribution >= 4 is 41.4 Å². The minimum absolute atomic E-state index is 0.0393. The van der Waals surface area contributed by atoms with Crippen LogP contribution in [0.4, 0.5) is 0 Å². The molecule has 1 aliphatic carbocycles. The van der Waals surface area contributed by atoms with Gasteiger partial charge in [0, 0.05) is 36.6 Å². The molecule has 6 nitrogen and oxygen atoms in total. The van der Waals surface area contributed by atoms with E-state index in [0.717, 1.165) is 27.3 Å². The molecule has 1 amide bonds. The van der Waals surface area contributed by atoms with Gasteiger partial charge < -0.3 is 10.0 Å². The molecule has 37 heavy (non-hydrogen) atoms. The van der Waals surface area contributed by atoms with E-state index in [1.165, 1.54) is 4.90 Å². The number of carbonyl (C=O) groups is 3. The number of Topliss-reactive ketones (excluding diaryl/α,β-unsaturated/α-hetero) is 2. The monoisotopic (exact) mass is 534 g/mol. The fourth-order valence-electron chi connectivity index (χ4n) is 5.58. The first-order chi connectivity index (χ1) is 17.9. The van der Waals surface area contributed by atoms with Crippen molar-refractivity contribution in [3.05, 3.63) is 76.4 Å². The number of thiazole rings is 1. The molecule has 1 unspecified atom stereocenters. The van der Waals surface area contributed by atoms with Gasteiger partial charge in [0.2, 0.25) is 5.91 Å². The number of hydrogen-bond donors (Lipinski definition) is 2. The van der Waals surface area contributed by atoms with Gasteiger partial charge in [0.1, 0.15) is 0 Å². The van der Waals surface area contributed by atoms with Gasteiger partial charge in [-0.2, -0.15) is 12.6 Å². The van der Waals surface area contributed by atoms with Crippen LogP contribution in [-0.4, -0.2) is 56.9 Å². The lowest BCUT2D eigenvalue weighted by atomic mass is 9.88. The van der Waals surface area contributed by atoms with Crippen LogP contribution in [0.15, 0.2) is 54.0 Å². The normalized spacial score (nSPS) is 21.8. The largest absolute Gasteiger partial charge is 0.391 e. The molecule has 0 radical (unpaired) electrons. The number of hydrogen-bond acceptors (Lipinski definition) is 7. The summed E-state index contributed by atoms with van der Waals surface area (Å²) in [6, 6.07) is 14.9. The van der Waals surface area contributed by atoms with Gasteiger partial charge in [-0.3, -0.25) is 14.4 Å². The average molecular weight is 535 g/mol. The van der Waals surface area contributed by atoms with Crippen LogP contribution in [0.3, 0.4) is 0 Å². The predicted octanol–water partition coefficient (Wildman–Crippen LogP) is 4.18. The van der Waals surface area contributed by atoms with Crippen molar-refractivity contribution in [1.82, 2.24) is 9.88 Å². The van der Waals surface area contributed by atoms with E-state index in [4.69, 9.17) is 0 Å². The van der Waals surface area contributed by atoms with Crippen LogP contribution in [0.25, 0.3) is 10.4 Å². The fraction of sp³-hybridized carbons (Fsp3) is 0.379. The second-order valence-corrected chi connectivity index (χ2v) is 11.2. The Hall–Kier alpha value is -2.81. The van der Waals surface area contributed by atoms with E-state index in [2.05, 4.69) is 17.6 Å². The second-order valence-electron chi connectivity index (χ2n) is 9.95. The molecule has 1 fully saturated rings. The summed E-state index contributed by atoms with van der Waals surface area (Å²) in [7, 11) is 0. The summed E-state index contributed by atoms with van der Waals surface area (Å²) < 4.78 is 0. The van der Waals surface area contributed by atoms with Crippen LogP contribution >= 0.6 is 24.0 Å². The molecule has 3 aromatic rings. The number of aliphatic hydroxyl groups is 1. The Balaban J connectivity index is 1.25. The van der Waals surface area contributed by atoms with Gasteiger partial charge in [0.15, 0.2) is 11.6 Å². The number of fused-ring (bicyclic) bond motifs is 1. The number of rotatable bonds is 8. The van der Waals surface area contributed by atoms with Crippen LogP contribution in [-0.2, 0) is 22.4 Å². The molecule has 2 heterocycles. The van der Waals surface area contributed by atoms with Gasteiger partial charge in [-0.05, 0) is 36.5 Å². The second kappa shape index (κ2) is 10.9. The summed E-state index contributed by atoms with van der Waals surface area (Å²) in [5.74, 6) is -1.28. The summed E-state index contributed by atoms with van der Waals surface area (Å²) in [4.78, 5) is 46.9. The number of likely N-dealkylation sites (tertiary alicyclic amines) is 1. The van der Waals surface area contributed by atoms with E-state index in [9.17, 15) is 19.5 Å². The number of aryl methyl sites for hydroxylation is 2. The van der Waals surface area contributed by atoms with Gasteiger partial charge in [-0.1, -0.05) is 48.5 Å². The van der Waals surface area contributed by atoms with Gasteiger partial charge in [0.25, 0.3) is 0 Å². The van der Waals surface area contributed by atoms with Crippen molar-refractivity contribution in [2.24, 2.45) is 11.8 Å². The molecule has 0 spiro atoms. The molecule has 1 saturated heterocycles. The SMILES string of the molecule is Cc1ncsc1-c1ccc(CCC(=O)[C@@H]2C[C@@H](O)CN2C(=O)[C@H](CS)C2Cc3ccccc3C2=O)cc1. The van der Waals surface area contributed by atoms with Gasteiger partial charge in [-0.15, -0.1) is 11.3 Å². The summed E-state index contributed by atoms with van der Waals surface area (Å²) in [6.45, 7) is 2.09. The third-order valence-corrected chi connectivity index (χ3v) is 8.99. The molecule has 1 N–H and O–H groups in total. The Morgan fingerprint density at radius 2 is 1.95 bits per heavy atom. The van der Waals surface area contributed by atoms with Gasteiger partial charge in [0.05, 0.1) is 34.1 Å². The smallest absolute Gasteiger partial charge is 0.227 e. The predicted molar refractivity (Wildman–Crippen MR) is 147 cm³/mol. The number of aliphatic hydroxyl groups excluding tert-OH is 1. The summed E-state index contributed by atoms with van der Waals surface area (Å²) in [6.07, 6.45) is 0.808. The zero-order valence-electron chi connectivity index (χ0n) is 20.7. The first-order valence-corrected chi connectivity index (χ1v) is 14.1. The number of carbonyl (C=O) groups excluding carboxylic acids is 3. The number of ketones is 2. The molecule has 5 rings (SSSR count). The van der Waals surface area contributed by atoms with Crippen LogP contribution in [0, 0.1) is 18.8 Å². The lowest BCUT2D eigenvalue weighted by molar-refractivity contribution is -0.141. The molecule has 0 bridgehead atoms. The van der Waals surface area contributed by atoms with E-state index in [1.54, 1.807) is 17.4 Å². The molecule has 1 aliphatic heterocycles. The minimum atomic E-state index is -0.753. The number of aromatic nitrogens is 1. The topological polar surface area (TPSA) is 87.6 Å². The number of benzene rings is 2. The van der Waals surface area contributed by atoms with Crippen molar-refractivity contribution in [1.29, 1.82) is 0 Å². The Labute approximate surface area is 226 Å². The fourth-order valence-corrected chi connectivity index (χ4v) is 6.80. The van der Waals surface area contributed by atoms with E-state index in [0.29, 0.717) is 18.4 Å². The van der Waals surface area contributed by atoms with Gasteiger partial charge >= 0.3 is 0 Å². The number of nitrogens with zero attached hydrogens (tertiary/aromatic N) is 2. The van der Waals surface area contributed by atoms with E-state index in [-0.39, 0.29) is 42.6 Å². The number of β-amino-alcohol motifs (C(OH)–C–C–N with tert-alkyl or cyclic N) is 1.